The molecule has 1 saturated heterocycles. The van der Waals surface area contributed by atoms with Crippen molar-refractivity contribution in [2.45, 2.75) is 18.9 Å². The number of benzene rings is 2. The second-order valence-corrected chi connectivity index (χ2v) is 4.79. The zero-order chi connectivity index (χ0) is 13.2. The summed E-state index contributed by atoms with van der Waals surface area (Å²) in [5.74, 6) is 0.273. The van der Waals surface area contributed by atoms with Gasteiger partial charge in [0.05, 0.1) is 11.8 Å². The van der Waals surface area contributed by atoms with E-state index in [1.165, 1.54) is 0 Å². The first-order chi connectivity index (χ1) is 9.31. The second-order valence-electron chi connectivity index (χ2n) is 4.79. The van der Waals surface area contributed by atoms with Crippen LogP contribution in [0.4, 0.5) is 0 Å². The summed E-state index contributed by atoms with van der Waals surface area (Å²) in [4.78, 5) is 4.38. The first-order valence-corrected chi connectivity index (χ1v) is 6.60. The monoisotopic (exact) mass is 255 g/mol. The topological polar surface area (TPSA) is 41.8 Å². The molecule has 1 heterocycles. The standard InChI is InChI=1S/C16H17NO2/c1-17-16(14-7-4-10-19-14)15-12-6-3-2-5-11(12)8-9-13(15)18/h2-3,5-6,8-9,14,18H,4,7,10H2,1H3/b17-16-. The molecule has 2 aromatic rings. The minimum atomic E-state index is 0.00158. The molecule has 98 valence electrons. The number of ether oxygens (including phenoxy) is 1. The van der Waals surface area contributed by atoms with E-state index in [1.807, 2.05) is 30.3 Å². The van der Waals surface area contributed by atoms with Crippen LogP contribution < -0.4 is 0 Å². The van der Waals surface area contributed by atoms with Gasteiger partial charge in [-0.3, -0.25) is 4.99 Å². The van der Waals surface area contributed by atoms with Gasteiger partial charge < -0.3 is 9.84 Å². The van der Waals surface area contributed by atoms with Crippen LogP contribution in [0.1, 0.15) is 18.4 Å². The van der Waals surface area contributed by atoms with Crippen LogP contribution in [0.3, 0.4) is 0 Å². The molecule has 0 amide bonds. The van der Waals surface area contributed by atoms with Crippen molar-refractivity contribution in [3.8, 4) is 5.75 Å². The maximum atomic E-state index is 10.2. The Hall–Kier alpha value is -1.87. The van der Waals surface area contributed by atoms with Crippen molar-refractivity contribution in [1.82, 2.24) is 0 Å². The first-order valence-electron chi connectivity index (χ1n) is 6.60. The van der Waals surface area contributed by atoms with Crippen LogP contribution in [0.2, 0.25) is 0 Å². The molecule has 1 fully saturated rings. The lowest BCUT2D eigenvalue weighted by atomic mass is 9.96. The molecule has 0 spiro atoms. The molecule has 1 atom stereocenters. The van der Waals surface area contributed by atoms with E-state index in [4.69, 9.17) is 4.74 Å². The van der Waals surface area contributed by atoms with Crippen molar-refractivity contribution < 1.29 is 9.84 Å². The van der Waals surface area contributed by atoms with E-state index in [1.54, 1.807) is 13.1 Å². The number of fused-ring (bicyclic) bond motifs is 1. The Kier molecular flexibility index (Phi) is 3.22. The molecule has 1 aliphatic heterocycles. The van der Waals surface area contributed by atoms with Gasteiger partial charge in [-0.2, -0.15) is 0 Å². The summed E-state index contributed by atoms with van der Waals surface area (Å²) in [6, 6.07) is 11.7. The van der Waals surface area contributed by atoms with Gasteiger partial charge in [0.25, 0.3) is 0 Å². The highest BCUT2D eigenvalue weighted by Gasteiger charge is 2.25. The maximum Gasteiger partial charge on any atom is 0.125 e. The Morgan fingerprint density at radius 2 is 2.11 bits per heavy atom. The van der Waals surface area contributed by atoms with E-state index >= 15 is 0 Å². The van der Waals surface area contributed by atoms with Gasteiger partial charge in [0.2, 0.25) is 0 Å². The lowest BCUT2D eigenvalue weighted by molar-refractivity contribution is 0.158. The highest BCUT2D eigenvalue weighted by atomic mass is 16.5. The van der Waals surface area contributed by atoms with Gasteiger partial charge in [-0.25, -0.2) is 0 Å². The normalized spacial score (nSPS) is 20.1. The fourth-order valence-corrected chi connectivity index (χ4v) is 2.74. The van der Waals surface area contributed by atoms with Crippen LogP contribution in [0, 0.1) is 0 Å². The molecule has 2 aromatic carbocycles. The fraction of sp³-hybridized carbons (Fsp3) is 0.312. The molecule has 3 heteroatoms. The largest absolute Gasteiger partial charge is 0.507 e. The lowest BCUT2D eigenvalue weighted by Crippen LogP contribution is -2.21. The minimum absolute atomic E-state index is 0.00158. The third-order valence-electron chi connectivity index (χ3n) is 3.64. The van der Waals surface area contributed by atoms with E-state index in [2.05, 4.69) is 4.99 Å². The van der Waals surface area contributed by atoms with E-state index in [9.17, 15) is 5.11 Å². The summed E-state index contributed by atoms with van der Waals surface area (Å²) in [7, 11) is 1.76. The van der Waals surface area contributed by atoms with E-state index in [0.717, 1.165) is 41.5 Å². The molecule has 1 N–H and O–H groups in total. The molecule has 1 aliphatic rings. The number of nitrogens with zero attached hydrogens (tertiary/aromatic N) is 1. The predicted octanol–water partition coefficient (Wildman–Crippen LogP) is 3.14. The third-order valence-corrected chi connectivity index (χ3v) is 3.64. The van der Waals surface area contributed by atoms with Crippen molar-refractivity contribution in [2.24, 2.45) is 4.99 Å². The van der Waals surface area contributed by atoms with Crippen LogP contribution in [-0.2, 0) is 4.74 Å². The molecule has 0 bridgehead atoms. The number of phenolic OH excluding ortho intramolecular Hbond substituents is 1. The maximum absolute atomic E-state index is 10.2. The summed E-state index contributed by atoms with van der Waals surface area (Å²) in [6.45, 7) is 0.773. The van der Waals surface area contributed by atoms with Gasteiger partial charge >= 0.3 is 0 Å². The molecular formula is C16H17NO2. The Morgan fingerprint density at radius 3 is 2.84 bits per heavy atom. The Bertz CT molecular complexity index is 628. The lowest BCUT2D eigenvalue weighted by Gasteiger charge is -2.16. The third kappa shape index (κ3) is 2.10. The van der Waals surface area contributed by atoms with Gasteiger partial charge in [-0.15, -0.1) is 0 Å². The van der Waals surface area contributed by atoms with Crippen LogP contribution >= 0.6 is 0 Å². The van der Waals surface area contributed by atoms with Gasteiger partial charge in [-0.1, -0.05) is 30.3 Å². The summed E-state index contributed by atoms with van der Waals surface area (Å²) < 4.78 is 5.72. The number of aliphatic imine (C=N–C) groups is 1. The SMILES string of the molecule is C/N=C(\c1c(O)ccc2ccccc12)C1CCCO1. The van der Waals surface area contributed by atoms with Crippen molar-refractivity contribution >= 4 is 16.5 Å². The van der Waals surface area contributed by atoms with Crippen LogP contribution in [0.15, 0.2) is 41.4 Å². The van der Waals surface area contributed by atoms with Crippen molar-refractivity contribution in [3.63, 3.8) is 0 Å². The molecule has 0 aromatic heterocycles. The number of hydrogen-bond acceptors (Lipinski definition) is 3. The molecule has 0 aliphatic carbocycles. The van der Waals surface area contributed by atoms with E-state index in [0.29, 0.717) is 0 Å². The van der Waals surface area contributed by atoms with Crippen LogP contribution in [-0.4, -0.2) is 30.6 Å². The number of aromatic hydroxyl groups is 1. The Balaban J connectivity index is 2.19. The van der Waals surface area contributed by atoms with Crippen molar-refractivity contribution in [1.29, 1.82) is 0 Å². The van der Waals surface area contributed by atoms with Crippen molar-refractivity contribution in [3.05, 3.63) is 42.0 Å². The quantitative estimate of drug-likeness (QED) is 0.838. The molecular weight excluding hydrogens is 238 g/mol. The van der Waals surface area contributed by atoms with Gasteiger partial charge in [-0.05, 0) is 29.7 Å². The zero-order valence-electron chi connectivity index (χ0n) is 11.0. The number of rotatable bonds is 2. The van der Waals surface area contributed by atoms with Gasteiger partial charge in [0.15, 0.2) is 0 Å². The number of phenols is 1. The summed E-state index contributed by atoms with van der Waals surface area (Å²) in [5.41, 5.74) is 1.67. The average molecular weight is 255 g/mol. The smallest absolute Gasteiger partial charge is 0.125 e. The van der Waals surface area contributed by atoms with Crippen molar-refractivity contribution in [2.75, 3.05) is 13.7 Å². The Labute approximate surface area is 112 Å². The second kappa shape index (κ2) is 5.02. The van der Waals surface area contributed by atoms with E-state index in [-0.39, 0.29) is 11.9 Å². The first kappa shape index (κ1) is 12.2. The summed E-state index contributed by atoms with van der Waals surface area (Å²) in [5, 5.41) is 12.4. The zero-order valence-corrected chi connectivity index (χ0v) is 11.0. The van der Waals surface area contributed by atoms with Crippen LogP contribution in [0.5, 0.6) is 5.75 Å². The molecule has 0 radical (unpaired) electrons. The average Bonchev–Trinajstić information content (AvgIpc) is 2.96. The molecule has 3 nitrogen and oxygen atoms in total. The predicted molar refractivity (Wildman–Crippen MR) is 77.0 cm³/mol. The molecule has 1 unspecified atom stereocenters. The molecule has 19 heavy (non-hydrogen) atoms. The summed E-state index contributed by atoms with van der Waals surface area (Å²) in [6.07, 6.45) is 2.02. The summed E-state index contributed by atoms with van der Waals surface area (Å²) >= 11 is 0. The molecule has 3 rings (SSSR count). The number of hydrogen-bond donors (Lipinski definition) is 1. The highest BCUT2D eigenvalue weighted by molar-refractivity contribution is 6.15. The van der Waals surface area contributed by atoms with Gasteiger partial charge in [0, 0.05) is 19.2 Å². The highest BCUT2D eigenvalue weighted by Crippen LogP contribution is 2.31. The van der Waals surface area contributed by atoms with Crippen LogP contribution in [0.25, 0.3) is 10.8 Å². The Morgan fingerprint density at radius 1 is 1.26 bits per heavy atom. The fourth-order valence-electron chi connectivity index (χ4n) is 2.74. The van der Waals surface area contributed by atoms with E-state index < -0.39 is 0 Å². The van der Waals surface area contributed by atoms with Gasteiger partial charge in [0.1, 0.15) is 5.75 Å². The molecule has 0 saturated carbocycles. The minimum Gasteiger partial charge on any atom is -0.507 e.